The summed E-state index contributed by atoms with van der Waals surface area (Å²) in [5, 5.41) is 16.0. The second kappa shape index (κ2) is 12.9. The Morgan fingerprint density at radius 3 is 2.64 bits per heavy atom. The number of carbonyl (C=O) groups is 2. The van der Waals surface area contributed by atoms with Crippen molar-refractivity contribution in [2.45, 2.75) is 51.8 Å². The molecule has 0 saturated heterocycles. The second-order valence-corrected chi connectivity index (χ2v) is 8.11. The topological polar surface area (TPSA) is 140 Å². The molecule has 0 aliphatic heterocycles. The molecule has 10 heteroatoms. The van der Waals surface area contributed by atoms with Gasteiger partial charge in [0.25, 0.3) is 0 Å². The van der Waals surface area contributed by atoms with Gasteiger partial charge in [-0.15, -0.1) is 0 Å². The van der Waals surface area contributed by atoms with Crippen LogP contribution in [0.4, 0.5) is 10.5 Å². The Bertz CT molecular complexity index is 865. The minimum Gasteiger partial charge on any atom is -0.449 e. The van der Waals surface area contributed by atoms with Gasteiger partial charge in [0, 0.05) is 13.2 Å². The molecule has 1 unspecified atom stereocenters. The molecule has 1 aromatic carbocycles. The SMILES string of the molecule is CCOC(=O)N(CCCCO)c1conc1C(COCc1ccccc1)NC(=O)C(C)(C)N. The van der Waals surface area contributed by atoms with E-state index in [1.165, 1.54) is 11.2 Å². The van der Waals surface area contributed by atoms with Crippen LogP contribution in [0, 0.1) is 0 Å². The van der Waals surface area contributed by atoms with Gasteiger partial charge in [0.2, 0.25) is 5.91 Å². The van der Waals surface area contributed by atoms with E-state index in [1.54, 1.807) is 20.8 Å². The third kappa shape index (κ3) is 8.16. The lowest BCUT2D eigenvalue weighted by molar-refractivity contribution is -0.126. The zero-order chi connectivity index (χ0) is 24.3. The number of nitrogens with two attached hydrogens (primary N) is 1. The van der Waals surface area contributed by atoms with Crippen molar-refractivity contribution in [3.63, 3.8) is 0 Å². The Balaban J connectivity index is 2.27. The Labute approximate surface area is 194 Å². The summed E-state index contributed by atoms with van der Waals surface area (Å²) < 4.78 is 16.2. The number of unbranched alkanes of at least 4 members (excludes halogenated alkanes) is 1. The van der Waals surface area contributed by atoms with E-state index in [2.05, 4.69) is 10.5 Å². The minimum atomic E-state index is -1.14. The summed E-state index contributed by atoms with van der Waals surface area (Å²) in [4.78, 5) is 26.7. The van der Waals surface area contributed by atoms with Gasteiger partial charge < -0.3 is 30.2 Å². The molecule has 0 saturated carbocycles. The largest absolute Gasteiger partial charge is 0.449 e. The molecular weight excluding hydrogens is 428 g/mol. The minimum absolute atomic E-state index is 0.00471. The van der Waals surface area contributed by atoms with Crippen molar-refractivity contribution < 1.29 is 28.7 Å². The van der Waals surface area contributed by atoms with Crippen LogP contribution in [-0.4, -0.2) is 54.2 Å². The number of hydrogen-bond acceptors (Lipinski definition) is 8. The smallest absolute Gasteiger partial charge is 0.414 e. The van der Waals surface area contributed by atoms with E-state index in [-0.39, 0.29) is 26.4 Å². The molecule has 0 fully saturated rings. The van der Waals surface area contributed by atoms with Crippen molar-refractivity contribution in [1.29, 1.82) is 0 Å². The maximum Gasteiger partial charge on any atom is 0.414 e. The number of amides is 2. The molecule has 1 heterocycles. The first-order valence-corrected chi connectivity index (χ1v) is 11.0. The number of aliphatic hydroxyl groups is 1. The lowest BCUT2D eigenvalue weighted by Crippen LogP contribution is -2.51. The predicted molar refractivity (Wildman–Crippen MR) is 122 cm³/mol. The number of hydrogen-bond donors (Lipinski definition) is 3. The van der Waals surface area contributed by atoms with E-state index < -0.39 is 23.6 Å². The molecule has 0 radical (unpaired) electrons. The van der Waals surface area contributed by atoms with E-state index in [1.807, 2.05) is 30.3 Å². The average molecular weight is 463 g/mol. The molecule has 2 amide bonds. The molecule has 4 N–H and O–H groups in total. The number of anilines is 1. The van der Waals surface area contributed by atoms with Crippen LogP contribution in [0.3, 0.4) is 0 Å². The highest BCUT2D eigenvalue weighted by Gasteiger charge is 2.31. The highest BCUT2D eigenvalue weighted by atomic mass is 16.6. The van der Waals surface area contributed by atoms with Crippen molar-refractivity contribution in [2.75, 3.05) is 31.3 Å². The molecule has 0 aliphatic carbocycles. The zero-order valence-corrected chi connectivity index (χ0v) is 19.5. The summed E-state index contributed by atoms with van der Waals surface area (Å²) in [5.74, 6) is -0.410. The predicted octanol–water partition coefficient (Wildman–Crippen LogP) is 2.52. The normalized spacial score (nSPS) is 12.3. The quantitative estimate of drug-likeness (QED) is 0.386. The molecule has 1 aromatic heterocycles. The number of rotatable bonds is 13. The van der Waals surface area contributed by atoms with Gasteiger partial charge in [0.15, 0.2) is 0 Å². The van der Waals surface area contributed by atoms with Crippen LogP contribution in [0.15, 0.2) is 41.1 Å². The van der Waals surface area contributed by atoms with Crippen molar-refractivity contribution in [3.8, 4) is 0 Å². The van der Waals surface area contributed by atoms with Crippen LogP contribution in [0.2, 0.25) is 0 Å². The zero-order valence-electron chi connectivity index (χ0n) is 19.5. The summed E-state index contributed by atoms with van der Waals surface area (Å²) >= 11 is 0. The fourth-order valence-electron chi connectivity index (χ4n) is 2.98. The van der Waals surface area contributed by atoms with Crippen LogP contribution in [0.25, 0.3) is 0 Å². The molecule has 2 aromatic rings. The third-order valence-corrected chi connectivity index (χ3v) is 4.76. The molecule has 0 bridgehead atoms. The van der Waals surface area contributed by atoms with Gasteiger partial charge in [-0.05, 0) is 39.2 Å². The van der Waals surface area contributed by atoms with Gasteiger partial charge in [0.05, 0.1) is 25.4 Å². The monoisotopic (exact) mass is 462 g/mol. The van der Waals surface area contributed by atoms with Gasteiger partial charge in [-0.25, -0.2) is 4.79 Å². The van der Waals surface area contributed by atoms with Crippen LogP contribution in [-0.2, 0) is 20.9 Å². The second-order valence-electron chi connectivity index (χ2n) is 8.11. The summed E-state index contributed by atoms with van der Waals surface area (Å²) in [7, 11) is 0. The first kappa shape index (κ1) is 26.3. The highest BCUT2D eigenvalue weighted by molar-refractivity contribution is 5.89. The summed E-state index contributed by atoms with van der Waals surface area (Å²) in [6.07, 6.45) is 1.80. The molecule has 33 heavy (non-hydrogen) atoms. The van der Waals surface area contributed by atoms with Gasteiger partial charge in [0.1, 0.15) is 23.7 Å². The number of aliphatic hydroxyl groups excluding tert-OH is 1. The van der Waals surface area contributed by atoms with Gasteiger partial charge in [-0.3, -0.25) is 9.69 Å². The summed E-state index contributed by atoms with van der Waals surface area (Å²) in [6, 6.07) is 8.87. The fraction of sp³-hybridized carbons (Fsp3) is 0.522. The fourth-order valence-corrected chi connectivity index (χ4v) is 2.98. The van der Waals surface area contributed by atoms with Crippen LogP contribution in [0.5, 0.6) is 0 Å². The molecule has 10 nitrogen and oxygen atoms in total. The molecule has 0 spiro atoms. The summed E-state index contributed by atoms with van der Waals surface area (Å²) in [6.45, 7) is 5.77. The molecule has 2 rings (SSSR count). The molecule has 0 aliphatic rings. The maximum atomic E-state index is 12.6. The van der Waals surface area contributed by atoms with Gasteiger partial charge in [-0.2, -0.15) is 0 Å². The number of benzene rings is 1. The van der Waals surface area contributed by atoms with Crippen molar-refractivity contribution in [3.05, 3.63) is 47.9 Å². The van der Waals surface area contributed by atoms with E-state index in [9.17, 15) is 9.59 Å². The number of aromatic nitrogens is 1. The Kier molecular flexibility index (Phi) is 10.3. The van der Waals surface area contributed by atoms with E-state index in [0.717, 1.165) is 5.56 Å². The Morgan fingerprint density at radius 2 is 2.00 bits per heavy atom. The Hall–Kier alpha value is -2.95. The van der Waals surface area contributed by atoms with E-state index in [4.69, 9.17) is 24.8 Å². The molecule has 1 atom stereocenters. The van der Waals surface area contributed by atoms with Gasteiger partial charge >= 0.3 is 6.09 Å². The van der Waals surface area contributed by atoms with Gasteiger partial charge in [-0.1, -0.05) is 35.5 Å². The van der Waals surface area contributed by atoms with Crippen molar-refractivity contribution >= 4 is 17.7 Å². The number of ether oxygens (including phenoxy) is 2. The maximum absolute atomic E-state index is 12.6. The number of nitrogens with one attached hydrogen (secondary N) is 1. The summed E-state index contributed by atoms with van der Waals surface area (Å²) in [5.41, 5.74) is 6.47. The Morgan fingerprint density at radius 1 is 1.27 bits per heavy atom. The lowest BCUT2D eigenvalue weighted by atomic mass is 10.0. The van der Waals surface area contributed by atoms with Crippen molar-refractivity contribution in [1.82, 2.24) is 10.5 Å². The van der Waals surface area contributed by atoms with Crippen LogP contribution in [0.1, 0.15) is 50.9 Å². The van der Waals surface area contributed by atoms with Crippen LogP contribution < -0.4 is 16.0 Å². The molecule has 182 valence electrons. The van der Waals surface area contributed by atoms with Crippen LogP contribution >= 0.6 is 0 Å². The number of nitrogens with zero attached hydrogens (tertiary/aromatic N) is 2. The first-order chi connectivity index (χ1) is 15.8. The number of carbonyl (C=O) groups excluding carboxylic acids is 2. The lowest BCUT2D eigenvalue weighted by Gasteiger charge is -2.26. The third-order valence-electron chi connectivity index (χ3n) is 4.76. The first-order valence-electron chi connectivity index (χ1n) is 11.0. The highest BCUT2D eigenvalue weighted by Crippen LogP contribution is 2.27. The van der Waals surface area contributed by atoms with E-state index >= 15 is 0 Å². The average Bonchev–Trinajstić information content (AvgIpc) is 3.25. The van der Waals surface area contributed by atoms with Crippen molar-refractivity contribution in [2.24, 2.45) is 5.73 Å². The standard InChI is InChI=1S/C23H34N4O6/c1-4-32-22(30)27(12-8-9-13-28)19-16-33-26-20(19)18(25-21(29)23(2,3)24)15-31-14-17-10-6-5-7-11-17/h5-7,10-11,16,18,28H,4,8-9,12-15,24H2,1-3H3,(H,25,29). The van der Waals surface area contributed by atoms with E-state index in [0.29, 0.717) is 30.8 Å². The molecular formula is C23H34N4O6.